The number of rotatable bonds is 3. The second-order valence-electron chi connectivity index (χ2n) is 2.62. The van der Waals surface area contributed by atoms with Crippen LogP contribution in [0.25, 0.3) is 0 Å². The van der Waals surface area contributed by atoms with Crippen molar-refractivity contribution in [1.29, 1.82) is 0 Å². The molecule has 0 fully saturated rings. The standard InChI is InChI=1S/C9H8BrCl3O2/c1-14-8-4(3-10)5(11)9(15-2)7(13)6(8)12/h3H2,1-2H3. The topological polar surface area (TPSA) is 18.5 Å². The monoisotopic (exact) mass is 332 g/mol. The molecule has 0 spiro atoms. The van der Waals surface area contributed by atoms with E-state index in [4.69, 9.17) is 44.3 Å². The first-order valence-electron chi connectivity index (χ1n) is 3.91. The Morgan fingerprint density at radius 1 is 0.933 bits per heavy atom. The number of hydrogen-bond donors (Lipinski definition) is 0. The molecule has 1 aromatic carbocycles. The summed E-state index contributed by atoms with van der Waals surface area (Å²) in [6.07, 6.45) is 0. The SMILES string of the molecule is COc1c(Cl)c(Cl)c(OC)c(CBr)c1Cl. The van der Waals surface area contributed by atoms with Gasteiger partial charge in [-0.15, -0.1) is 0 Å². The van der Waals surface area contributed by atoms with Crippen molar-refractivity contribution in [3.8, 4) is 11.5 Å². The zero-order valence-corrected chi connectivity index (χ0v) is 11.9. The molecule has 0 radical (unpaired) electrons. The Morgan fingerprint density at radius 3 is 1.80 bits per heavy atom. The molecule has 0 atom stereocenters. The van der Waals surface area contributed by atoms with Crippen LogP contribution in [-0.4, -0.2) is 14.2 Å². The average molecular weight is 334 g/mol. The second kappa shape index (κ2) is 5.48. The molecule has 0 aliphatic carbocycles. The zero-order valence-electron chi connectivity index (χ0n) is 8.04. The lowest BCUT2D eigenvalue weighted by Gasteiger charge is -2.15. The van der Waals surface area contributed by atoms with Gasteiger partial charge in [0.05, 0.1) is 19.2 Å². The van der Waals surface area contributed by atoms with Gasteiger partial charge in [0, 0.05) is 10.9 Å². The molecular weight excluding hydrogens is 326 g/mol. The maximum atomic E-state index is 6.09. The Morgan fingerprint density at radius 2 is 1.40 bits per heavy atom. The van der Waals surface area contributed by atoms with Gasteiger partial charge < -0.3 is 9.47 Å². The Balaban J connectivity index is 3.57. The fourth-order valence-electron chi connectivity index (χ4n) is 1.18. The first-order chi connectivity index (χ1) is 7.08. The van der Waals surface area contributed by atoms with E-state index in [1.54, 1.807) is 0 Å². The molecule has 0 N–H and O–H groups in total. The zero-order chi connectivity index (χ0) is 11.6. The number of ether oxygens (including phenoxy) is 2. The molecule has 0 aliphatic heterocycles. The molecule has 2 nitrogen and oxygen atoms in total. The summed E-state index contributed by atoms with van der Waals surface area (Å²) >= 11 is 21.4. The van der Waals surface area contributed by atoms with Gasteiger partial charge in [0.25, 0.3) is 0 Å². The van der Waals surface area contributed by atoms with Crippen LogP contribution in [0, 0.1) is 0 Å². The first-order valence-corrected chi connectivity index (χ1v) is 6.17. The summed E-state index contributed by atoms with van der Waals surface area (Å²) in [4.78, 5) is 0. The highest BCUT2D eigenvalue weighted by Crippen LogP contribution is 2.47. The van der Waals surface area contributed by atoms with Crippen LogP contribution >= 0.6 is 50.7 Å². The number of methoxy groups -OCH3 is 2. The Bertz CT molecular complexity index is 382. The van der Waals surface area contributed by atoms with Crippen molar-refractivity contribution in [2.45, 2.75) is 5.33 Å². The number of halogens is 4. The second-order valence-corrected chi connectivity index (χ2v) is 4.32. The molecule has 0 amide bonds. The van der Waals surface area contributed by atoms with Crippen LogP contribution in [0.4, 0.5) is 0 Å². The van der Waals surface area contributed by atoms with E-state index in [0.717, 1.165) is 0 Å². The van der Waals surface area contributed by atoms with Crippen LogP contribution in [0.1, 0.15) is 5.56 Å². The normalized spacial score (nSPS) is 10.3. The fraction of sp³-hybridized carbons (Fsp3) is 0.333. The van der Waals surface area contributed by atoms with E-state index < -0.39 is 0 Å². The molecule has 1 rings (SSSR count). The van der Waals surface area contributed by atoms with Gasteiger partial charge in [-0.2, -0.15) is 0 Å². The van der Waals surface area contributed by atoms with Crippen LogP contribution in [0.3, 0.4) is 0 Å². The lowest BCUT2D eigenvalue weighted by Crippen LogP contribution is -1.96. The van der Waals surface area contributed by atoms with E-state index in [1.807, 2.05) is 0 Å². The largest absolute Gasteiger partial charge is 0.495 e. The highest BCUT2D eigenvalue weighted by molar-refractivity contribution is 9.08. The minimum atomic E-state index is 0.255. The lowest BCUT2D eigenvalue weighted by atomic mass is 10.2. The van der Waals surface area contributed by atoms with E-state index >= 15 is 0 Å². The summed E-state index contributed by atoms with van der Waals surface area (Å²) in [5.74, 6) is 0.822. The summed E-state index contributed by atoms with van der Waals surface area (Å²) in [6.45, 7) is 0. The van der Waals surface area contributed by atoms with Gasteiger partial charge >= 0.3 is 0 Å². The van der Waals surface area contributed by atoms with Crippen LogP contribution in [0.5, 0.6) is 11.5 Å². The molecule has 0 bridgehead atoms. The summed E-state index contributed by atoms with van der Waals surface area (Å²) in [5, 5.41) is 1.46. The van der Waals surface area contributed by atoms with E-state index in [1.165, 1.54) is 14.2 Å². The molecule has 0 heterocycles. The van der Waals surface area contributed by atoms with Gasteiger partial charge in [-0.3, -0.25) is 0 Å². The maximum absolute atomic E-state index is 6.09. The van der Waals surface area contributed by atoms with E-state index in [0.29, 0.717) is 32.4 Å². The van der Waals surface area contributed by atoms with Gasteiger partial charge in [0.15, 0.2) is 5.75 Å². The van der Waals surface area contributed by atoms with Gasteiger partial charge in [-0.05, 0) is 0 Å². The van der Waals surface area contributed by atoms with Crippen molar-refractivity contribution in [2.24, 2.45) is 0 Å². The molecule has 0 saturated carbocycles. The van der Waals surface area contributed by atoms with Crippen LogP contribution < -0.4 is 9.47 Å². The highest BCUT2D eigenvalue weighted by Gasteiger charge is 2.21. The number of benzene rings is 1. The van der Waals surface area contributed by atoms with Crippen molar-refractivity contribution in [3.05, 3.63) is 20.6 Å². The van der Waals surface area contributed by atoms with E-state index in [-0.39, 0.29) is 5.02 Å². The third kappa shape index (κ3) is 2.31. The average Bonchev–Trinajstić information content (AvgIpc) is 2.23. The third-order valence-corrected chi connectivity index (χ3v) is 3.65. The van der Waals surface area contributed by atoms with Crippen LogP contribution in [0.2, 0.25) is 15.1 Å². The molecule has 0 aromatic heterocycles. The summed E-state index contributed by atoms with van der Waals surface area (Å²) < 4.78 is 10.2. The third-order valence-electron chi connectivity index (χ3n) is 1.87. The summed E-state index contributed by atoms with van der Waals surface area (Å²) in [6, 6.07) is 0. The maximum Gasteiger partial charge on any atom is 0.158 e. The molecule has 0 unspecified atom stereocenters. The Labute approximate surface area is 112 Å². The smallest absolute Gasteiger partial charge is 0.158 e. The predicted molar refractivity (Wildman–Crippen MR) is 67.2 cm³/mol. The van der Waals surface area contributed by atoms with Crippen molar-refractivity contribution >= 4 is 50.7 Å². The minimum Gasteiger partial charge on any atom is -0.495 e. The number of hydrogen-bond acceptors (Lipinski definition) is 2. The molecule has 6 heteroatoms. The minimum absolute atomic E-state index is 0.255. The van der Waals surface area contributed by atoms with Crippen molar-refractivity contribution in [3.63, 3.8) is 0 Å². The fourth-order valence-corrected chi connectivity index (χ4v) is 2.78. The first kappa shape index (κ1) is 13.2. The molecule has 15 heavy (non-hydrogen) atoms. The Hall–Kier alpha value is 0.170. The molecule has 84 valence electrons. The lowest BCUT2D eigenvalue weighted by molar-refractivity contribution is 0.401. The van der Waals surface area contributed by atoms with Crippen molar-refractivity contribution < 1.29 is 9.47 Å². The van der Waals surface area contributed by atoms with Crippen molar-refractivity contribution in [2.75, 3.05) is 14.2 Å². The molecule has 0 saturated heterocycles. The summed E-state index contributed by atoms with van der Waals surface area (Å²) in [5.41, 5.74) is 0.713. The van der Waals surface area contributed by atoms with Crippen LogP contribution in [0.15, 0.2) is 0 Å². The van der Waals surface area contributed by atoms with E-state index in [2.05, 4.69) is 15.9 Å². The van der Waals surface area contributed by atoms with Crippen molar-refractivity contribution in [1.82, 2.24) is 0 Å². The molecule has 0 aliphatic rings. The van der Waals surface area contributed by atoms with Gasteiger partial charge in [0.2, 0.25) is 0 Å². The number of alkyl halides is 1. The highest BCUT2D eigenvalue weighted by atomic mass is 79.9. The van der Waals surface area contributed by atoms with Gasteiger partial charge in [-0.1, -0.05) is 50.7 Å². The van der Waals surface area contributed by atoms with Gasteiger partial charge in [-0.25, -0.2) is 0 Å². The quantitative estimate of drug-likeness (QED) is 0.596. The summed E-state index contributed by atoms with van der Waals surface area (Å²) in [7, 11) is 2.99. The van der Waals surface area contributed by atoms with Gasteiger partial charge in [0.1, 0.15) is 15.8 Å². The predicted octanol–water partition coefficient (Wildman–Crippen LogP) is 4.56. The van der Waals surface area contributed by atoms with Crippen LogP contribution in [-0.2, 0) is 5.33 Å². The van der Waals surface area contributed by atoms with E-state index in [9.17, 15) is 0 Å². The molecular formula is C9H8BrCl3O2. The Kier molecular flexibility index (Phi) is 4.84. The molecule has 1 aromatic rings.